The van der Waals surface area contributed by atoms with E-state index in [0.717, 1.165) is 13.2 Å². The second kappa shape index (κ2) is 6.63. The highest BCUT2D eigenvalue weighted by molar-refractivity contribution is 6.40. The molecule has 0 amide bonds. The molecular weight excluding hydrogens is 337 g/mol. The van der Waals surface area contributed by atoms with Crippen LogP contribution in [0, 0.1) is 0 Å². The number of carbonyl (C=O) groups is 2. The normalized spacial score (nSPS) is 11.4. The number of hydrogen-bond donors (Lipinski definition) is 1. The van der Waals surface area contributed by atoms with Crippen LogP contribution in [0.3, 0.4) is 0 Å². The van der Waals surface area contributed by atoms with Crippen molar-refractivity contribution in [3.63, 3.8) is 0 Å². The molecule has 22 heavy (non-hydrogen) atoms. The number of anilines is 1. The number of rotatable bonds is 4. The topological polar surface area (TPSA) is 104 Å². The molecule has 10 heteroatoms. The highest BCUT2D eigenvalue weighted by Crippen LogP contribution is 2.35. The van der Waals surface area contributed by atoms with Crippen molar-refractivity contribution in [1.29, 1.82) is 0 Å². The molecule has 116 valence electrons. The van der Waals surface area contributed by atoms with Crippen LogP contribution in [0.5, 0.6) is 0 Å². The van der Waals surface area contributed by atoms with E-state index >= 15 is 0 Å². The number of aromatic nitrogens is 2. The number of benzene rings is 1. The zero-order valence-corrected chi connectivity index (χ0v) is 12.9. The van der Waals surface area contributed by atoms with E-state index in [-0.39, 0.29) is 32.5 Å². The predicted octanol–water partition coefficient (Wildman–Crippen LogP) is 2.17. The van der Waals surface area contributed by atoms with Crippen LogP contribution in [-0.2, 0) is 19.1 Å². The molecule has 1 heterocycles. The minimum Gasteiger partial charge on any atom is -0.466 e. The summed E-state index contributed by atoms with van der Waals surface area (Å²) in [6, 6.07) is 1.39. The molecule has 0 aliphatic carbocycles. The maximum absolute atomic E-state index is 11.7. The van der Waals surface area contributed by atoms with Crippen molar-refractivity contribution in [3.05, 3.63) is 27.9 Å². The Morgan fingerprint density at radius 1 is 1.18 bits per heavy atom. The van der Waals surface area contributed by atoms with Crippen molar-refractivity contribution >= 4 is 51.9 Å². The highest BCUT2D eigenvalue weighted by Gasteiger charge is 2.20. The molecule has 1 aromatic carbocycles. The molecule has 8 nitrogen and oxygen atoms in total. The molecule has 0 atom stereocenters. The average Bonchev–Trinajstić information content (AvgIpc) is 2.99. The molecule has 0 aliphatic rings. The Labute approximate surface area is 133 Å². The maximum Gasteiger partial charge on any atom is 0.354 e. The second-order valence-electron chi connectivity index (χ2n) is 3.87. The Kier molecular flexibility index (Phi) is 4.84. The minimum absolute atomic E-state index is 0.146. The Hall–Kier alpha value is -2.32. The number of methoxy groups -OCH3 is 2. The summed E-state index contributed by atoms with van der Waals surface area (Å²) in [6.07, 6.45) is 0.913. The lowest BCUT2D eigenvalue weighted by Gasteiger charge is -2.10. The fraction of sp³-hybridized carbons (Fsp3) is 0.167. The van der Waals surface area contributed by atoms with E-state index in [9.17, 15) is 9.59 Å². The number of nitrogens with zero attached hydrogens (tertiary/aromatic N) is 2. The van der Waals surface area contributed by atoms with Crippen LogP contribution >= 0.6 is 23.2 Å². The van der Waals surface area contributed by atoms with Gasteiger partial charge in [0, 0.05) is 0 Å². The zero-order chi connectivity index (χ0) is 16.3. The summed E-state index contributed by atoms with van der Waals surface area (Å²) in [5.74, 6) is -1.56. The number of halogens is 2. The molecule has 0 bridgehead atoms. The van der Waals surface area contributed by atoms with Gasteiger partial charge in [0.2, 0.25) is 0 Å². The van der Waals surface area contributed by atoms with Crippen molar-refractivity contribution in [1.82, 2.24) is 10.3 Å². The third-order valence-corrected chi connectivity index (χ3v) is 3.16. The van der Waals surface area contributed by atoms with Gasteiger partial charge in [0.1, 0.15) is 5.70 Å². The van der Waals surface area contributed by atoms with Gasteiger partial charge in [0.25, 0.3) is 0 Å². The van der Waals surface area contributed by atoms with Crippen LogP contribution in [0.25, 0.3) is 11.0 Å². The van der Waals surface area contributed by atoms with Crippen LogP contribution in [0.15, 0.2) is 22.5 Å². The molecular formula is C12H9Cl2N3O5. The smallest absolute Gasteiger partial charge is 0.354 e. The summed E-state index contributed by atoms with van der Waals surface area (Å²) in [6.45, 7) is 0. The van der Waals surface area contributed by atoms with Gasteiger partial charge in [-0.1, -0.05) is 23.2 Å². The predicted molar refractivity (Wildman–Crippen MR) is 77.6 cm³/mol. The number of esters is 2. The van der Waals surface area contributed by atoms with Crippen molar-refractivity contribution in [2.24, 2.45) is 0 Å². The van der Waals surface area contributed by atoms with Gasteiger partial charge in [0.15, 0.2) is 11.0 Å². The van der Waals surface area contributed by atoms with Gasteiger partial charge in [-0.2, -0.15) is 0 Å². The van der Waals surface area contributed by atoms with E-state index < -0.39 is 11.9 Å². The quantitative estimate of drug-likeness (QED) is 0.664. The van der Waals surface area contributed by atoms with Gasteiger partial charge in [-0.15, -0.1) is 0 Å². The third-order valence-electron chi connectivity index (χ3n) is 2.57. The lowest BCUT2D eigenvalue weighted by molar-refractivity contribution is -0.138. The van der Waals surface area contributed by atoms with Gasteiger partial charge in [-0.05, 0) is 16.4 Å². The van der Waals surface area contributed by atoms with Crippen molar-refractivity contribution in [2.75, 3.05) is 19.5 Å². The molecule has 0 saturated carbocycles. The molecule has 1 N–H and O–H groups in total. The third kappa shape index (κ3) is 3.12. The number of hydrogen-bond acceptors (Lipinski definition) is 8. The van der Waals surface area contributed by atoms with E-state index in [1.807, 2.05) is 0 Å². The van der Waals surface area contributed by atoms with Crippen molar-refractivity contribution < 1.29 is 23.7 Å². The van der Waals surface area contributed by atoms with E-state index in [1.54, 1.807) is 0 Å². The summed E-state index contributed by atoms with van der Waals surface area (Å²) >= 11 is 12.0. The van der Waals surface area contributed by atoms with Gasteiger partial charge >= 0.3 is 11.9 Å². The highest BCUT2D eigenvalue weighted by atomic mass is 35.5. The fourth-order valence-electron chi connectivity index (χ4n) is 1.56. The number of nitrogens with one attached hydrogen (secondary N) is 1. The molecule has 0 unspecified atom stereocenters. The van der Waals surface area contributed by atoms with Gasteiger partial charge in [0.05, 0.1) is 36.0 Å². The van der Waals surface area contributed by atoms with Crippen LogP contribution in [-0.4, -0.2) is 36.5 Å². The molecule has 2 aromatic rings. The Bertz CT molecular complexity index is 771. The Balaban J connectivity index is 2.51. The van der Waals surface area contributed by atoms with Crippen LogP contribution in [0.4, 0.5) is 5.69 Å². The number of carbonyl (C=O) groups excluding carboxylic acids is 2. The van der Waals surface area contributed by atoms with E-state index in [1.165, 1.54) is 13.2 Å². The van der Waals surface area contributed by atoms with Crippen LogP contribution in [0.2, 0.25) is 10.0 Å². The summed E-state index contributed by atoms with van der Waals surface area (Å²) in [7, 11) is 2.33. The first-order valence-electron chi connectivity index (χ1n) is 5.73. The van der Waals surface area contributed by atoms with Gasteiger partial charge in [-0.3, -0.25) is 0 Å². The molecule has 2 rings (SSSR count). The summed E-state index contributed by atoms with van der Waals surface area (Å²) < 4.78 is 13.7. The van der Waals surface area contributed by atoms with Crippen LogP contribution in [0.1, 0.15) is 0 Å². The fourth-order valence-corrected chi connectivity index (χ4v) is 2.10. The van der Waals surface area contributed by atoms with E-state index in [2.05, 4.69) is 29.7 Å². The lowest BCUT2D eigenvalue weighted by atomic mass is 10.2. The van der Waals surface area contributed by atoms with Crippen molar-refractivity contribution in [3.8, 4) is 0 Å². The maximum atomic E-state index is 11.7. The van der Waals surface area contributed by atoms with Crippen LogP contribution < -0.4 is 5.32 Å². The first-order chi connectivity index (χ1) is 10.5. The molecule has 1 aromatic heterocycles. The molecule has 0 aliphatic heterocycles. The summed E-state index contributed by atoms with van der Waals surface area (Å²) in [5, 5.41) is 10.3. The monoisotopic (exact) mass is 345 g/mol. The molecule has 0 radical (unpaired) electrons. The Morgan fingerprint density at radius 3 is 2.50 bits per heavy atom. The molecule has 0 saturated heterocycles. The SMILES string of the molecule is COC(=O)/C=C(/Nc1c(Cl)cc(Cl)c2nonc12)C(=O)OC. The standard InChI is InChI=1S/C12H9Cl2N3O5/c1-20-8(18)4-7(12(19)21-2)15-9-5(13)3-6(14)10-11(9)17-22-16-10/h3-4,15H,1-2H3/b7-4+. The first kappa shape index (κ1) is 16.1. The molecule has 0 fully saturated rings. The largest absolute Gasteiger partial charge is 0.466 e. The second-order valence-corrected chi connectivity index (χ2v) is 4.69. The van der Waals surface area contributed by atoms with E-state index in [4.69, 9.17) is 23.2 Å². The lowest BCUT2D eigenvalue weighted by Crippen LogP contribution is -2.16. The van der Waals surface area contributed by atoms with Gasteiger partial charge in [-0.25, -0.2) is 14.2 Å². The van der Waals surface area contributed by atoms with E-state index in [0.29, 0.717) is 0 Å². The minimum atomic E-state index is -0.805. The first-order valence-corrected chi connectivity index (χ1v) is 6.48. The summed E-state index contributed by atoms with van der Waals surface area (Å²) in [5.41, 5.74) is 0.416. The number of fused-ring (bicyclic) bond motifs is 1. The van der Waals surface area contributed by atoms with Crippen molar-refractivity contribution in [2.45, 2.75) is 0 Å². The average molecular weight is 346 g/mol. The Morgan fingerprint density at radius 2 is 1.86 bits per heavy atom. The number of ether oxygens (including phenoxy) is 2. The van der Waals surface area contributed by atoms with Gasteiger partial charge < -0.3 is 14.8 Å². The zero-order valence-electron chi connectivity index (χ0n) is 11.3. The summed E-state index contributed by atoms with van der Waals surface area (Å²) in [4.78, 5) is 23.1. The molecule has 0 spiro atoms.